The SMILES string of the molecule is CCCCC/C=C\CCCCCCCC(=O)OC(COC(=O)CCCCCCCCCCCCCC)COC(=O)CCCCCCCCCCCCCCCCCCCCCCCCC/C=C\CCCCCCCCCC. The first-order valence-electron chi connectivity index (χ1n) is 34.8. The van der Waals surface area contributed by atoms with Gasteiger partial charge in [0, 0.05) is 19.3 Å². The summed E-state index contributed by atoms with van der Waals surface area (Å²) in [6.07, 6.45) is 80.9. The van der Waals surface area contributed by atoms with Crippen LogP contribution in [0.1, 0.15) is 393 Å². The molecule has 0 saturated carbocycles. The Morgan fingerprint density at radius 3 is 0.675 bits per heavy atom. The molecule has 1 unspecified atom stereocenters. The van der Waals surface area contributed by atoms with Gasteiger partial charge in [0.25, 0.3) is 0 Å². The van der Waals surface area contributed by atoms with Crippen LogP contribution >= 0.6 is 0 Å². The minimum Gasteiger partial charge on any atom is -0.462 e. The fraction of sp³-hybridized carbons (Fsp3) is 0.901. The van der Waals surface area contributed by atoms with Crippen molar-refractivity contribution >= 4 is 17.9 Å². The highest BCUT2D eigenvalue weighted by Crippen LogP contribution is 2.18. The number of carbonyl (C=O) groups is 3. The smallest absolute Gasteiger partial charge is 0.306 e. The standard InChI is InChI=1S/C71H134O6/c1-4-7-10-13-16-19-22-25-26-27-28-29-30-31-32-33-34-35-36-37-38-39-40-41-42-43-44-45-46-47-50-52-55-58-61-64-70(73)76-67-68(77-71(74)65-62-59-56-53-49-24-21-18-15-12-9-6-3)66-75-69(72)63-60-57-54-51-48-23-20-17-14-11-8-5-2/h18,21,27-28,68H,4-17,19-20,22-26,29-67H2,1-3H3/b21-18-,28-27-. The second kappa shape index (κ2) is 66.4. The highest BCUT2D eigenvalue weighted by atomic mass is 16.6. The van der Waals surface area contributed by atoms with Crippen LogP contribution in [0.5, 0.6) is 0 Å². The maximum absolute atomic E-state index is 12.8. The van der Waals surface area contributed by atoms with Crippen LogP contribution in [0.4, 0.5) is 0 Å². The van der Waals surface area contributed by atoms with Crippen molar-refractivity contribution in [2.75, 3.05) is 13.2 Å². The van der Waals surface area contributed by atoms with E-state index < -0.39 is 6.10 Å². The Bertz CT molecular complexity index is 1240. The van der Waals surface area contributed by atoms with E-state index in [0.29, 0.717) is 19.3 Å². The molecule has 0 aliphatic carbocycles. The molecule has 0 saturated heterocycles. The van der Waals surface area contributed by atoms with Crippen LogP contribution in [0.25, 0.3) is 0 Å². The van der Waals surface area contributed by atoms with Gasteiger partial charge in [-0.2, -0.15) is 0 Å². The van der Waals surface area contributed by atoms with Gasteiger partial charge in [-0.05, 0) is 70.6 Å². The molecule has 0 rings (SSSR count). The van der Waals surface area contributed by atoms with Gasteiger partial charge in [0.15, 0.2) is 6.10 Å². The molecule has 0 aromatic rings. The molecule has 0 bridgehead atoms. The first-order chi connectivity index (χ1) is 38.0. The number of allylic oxidation sites excluding steroid dienone is 4. The monoisotopic (exact) mass is 1080 g/mol. The van der Waals surface area contributed by atoms with Crippen molar-refractivity contribution in [3.05, 3.63) is 24.3 Å². The van der Waals surface area contributed by atoms with E-state index in [0.717, 1.165) is 64.2 Å². The quantitative estimate of drug-likeness (QED) is 0.0261. The molecule has 6 nitrogen and oxygen atoms in total. The lowest BCUT2D eigenvalue weighted by Gasteiger charge is -2.18. The van der Waals surface area contributed by atoms with Gasteiger partial charge in [-0.25, -0.2) is 0 Å². The average Bonchev–Trinajstić information content (AvgIpc) is 3.43. The molecule has 0 amide bonds. The van der Waals surface area contributed by atoms with E-state index in [9.17, 15) is 14.4 Å². The van der Waals surface area contributed by atoms with Crippen LogP contribution < -0.4 is 0 Å². The number of unbranched alkanes of at least 4 members (excludes halogenated alkanes) is 50. The van der Waals surface area contributed by atoms with E-state index >= 15 is 0 Å². The van der Waals surface area contributed by atoms with Crippen LogP contribution in [-0.4, -0.2) is 37.2 Å². The second-order valence-electron chi connectivity index (χ2n) is 23.8. The maximum Gasteiger partial charge on any atom is 0.306 e. The largest absolute Gasteiger partial charge is 0.462 e. The van der Waals surface area contributed by atoms with E-state index in [2.05, 4.69) is 45.1 Å². The molecule has 0 aliphatic rings. The summed E-state index contributed by atoms with van der Waals surface area (Å²) < 4.78 is 16.9. The first kappa shape index (κ1) is 74.9. The molecule has 0 aliphatic heterocycles. The van der Waals surface area contributed by atoms with Crippen molar-refractivity contribution in [3.63, 3.8) is 0 Å². The highest BCUT2D eigenvalue weighted by Gasteiger charge is 2.19. The number of carbonyl (C=O) groups excluding carboxylic acids is 3. The van der Waals surface area contributed by atoms with E-state index in [-0.39, 0.29) is 31.1 Å². The molecule has 0 fully saturated rings. The molecule has 6 heteroatoms. The average molecular weight is 1080 g/mol. The van der Waals surface area contributed by atoms with Gasteiger partial charge in [0.05, 0.1) is 0 Å². The molecule has 0 heterocycles. The Kier molecular flexibility index (Phi) is 64.6. The van der Waals surface area contributed by atoms with Gasteiger partial charge < -0.3 is 14.2 Å². The zero-order chi connectivity index (χ0) is 55.7. The summed E-state index contributed by atoms with van der Waals surface area (Å²) in [7, 11) is 0. The lowest BCUT2D eigenvalue weighted by Crippen LogP contribution is -2.30. The summed E-state index contributed by atoms with van der Waals surface area (Å²) >= 11 is 0. The van der Waals surface area contributed by atoms with Crippen LogP contribution in [0, 0.1) is 0 Å². The Morgan fingerprint density at radius 1 is 0.247 bits per heavy atom. The lowest BCUT2D eigenvalue weighted by atomic mass is 10.0. The summed E-state index contributed by atoms with van der Waals surface area (Å²) in [5.41, 5.74) is 0. The van der Waals surface area contributed by atoms with Gasteiger partial charge in [-0.3, -0.25) is 14.4 Å². The molecule has 77 heavy (non-hydrogen) atoms. The Morgan fingerprint density at radius 2 is 0.429 bits per heavy atom. The normalized spacial score (nSPS) is 12.1. The topological polar surface area (TPSA) is 78.9 Å². The van der Waals surface area contributed by atoms with Crippen molar-refractivity contribution in [2.24, 2.45) is 0 Å². The Balaban J connectivity index is 3.96. The van der Waals surface area contributed by atoms with E-state index in [1.54, 1.807) is 0 Å². The summed E-state index contributed by atoms with van der Waals surface area (Å²) in [5.74, 6) is -0.853. The van der Waals surface area contributed by atoms with Gasteiger partial charge in [-0.1, -0.05) is 328 Å². The summed E-state index contributed by atoms with van der Waals surface area (Å²) in [5, 5.41) is 0. The second-order valence-corrected chi connectivity index (χ2v) is 23.8. The molecular weight excluding hydrogens is 949 g/mol. The third kappa shape index (κ3) is 64.6. The van der Waals surface area contributed by atoms with Crippen LogP contribution in [0.2, 0.25) is 0 Å². The molecule has 0 N–H and O–H groups in total. The minimum atomic E-state index is -0.770. The third-order valence-corrected chi connectivity index (χ3v) is 15.9. The van der Waals surface area contributed by atoms with E-state index in [4.69, 9.17) is 14.2 Å². The van der Waals surface area contributed by atoms with Crippen molar-refractivity contribution in [2.45, 2.75) is 399 Å². The Labute approximate surface area is 481 Å². The number of hydrogen-bond donors (Lipinski definition) is 0. The van der Waals surface area contributed by atoms with Gasteiger partial charge in [-0.15, -0.1) is 0 Å². The maximum atomic E-state index is 12.8. The lowest BCUT2D eigenvalue weighted by molar-refractivity contribution is -0.167. The van der Waals surface area contributed by atoms with E-state index in [1.165, 1.54) is 289 Å². The van der Waals surface area contributed by atoms with Crippen LogP contribution in [0.3, 0.4) is 0 Å². The van der Waals surface area contributed by atoms with Gasteiger partial charge in [0.2, 0.25) is 0 Å². The summed E-state index contributed by atoms with van der Waals surface area (Å²) in [6.45, 7) is 6.66. The highest BCUT2D eigenvalue weighted by molar-refractivity contribution is 5.71. The number of hydrogen-bond acceptors (Lipinski definition) is 6. The van der Waals surface area contributed by atoms with Crippen LogP contribution in [-0.2, 0) is 28.6 Å². The number of rotatable bonds is 65. The molecule has 0 aromatic carbocycles. The molecule has 0 spiro atoms. The number of esters is 3. The predicted octanol–water partition coefficient (Wildman–Crippen LogP) is 23.8. The van der Waals surface area contributed by atoms with Crippen LogP contribution in [0.15, 0.2) is 24.3 Å². The summed E-state index contributed by atoms with van der Waals surface area (Å²) in [6, 6.07) is 0. The van der Waals surface area contributed by atoms with Gasteiger partial charge in [0.1, 0.15) is 13.2 Å². The fourth-order valence-electron chi connectivity index (χ4n) is 10.7. The Hall–Kier alpha value is -2.11. The minimum absolute atomic E-state index is 0.0685. The zero-order valence-corrected chi connectivity index (χ0v) is 52.3. The molecule has 1 atom stereocenters. The van der Waals surface area contributed by atoms with Crippen molar-refractivity contribution < 1.29 is 28.6 Å². The summed E-state index contributed by atoms with van der Waals surface area (Å²) in [4.78, 5) is 38.2. The molecular formula is C71H134O6. The first-order valence-corrected chi connectivity index (χ1v) is 34.8. The molecule has 0 radical (unpaired) electrons. The predicted molar refractivity (Wildman–Crippen MR) is 335 cm³/mol. The molecule has 0 aromatic heterocycles. The van der Waals surface area contributed by atoms with E-state index in [1.807, 2.05) is 0 Å². The van der Waals surface area contributed by atoms with Crippen molar-refractivity contribution in [1.82, 2.24) is 0 Å². The fourth-order valence-corrected chi connectivity index (χ4v) is 10.7. The van der Waals surface area contributed by atoms with Gasteiger partial charge >= 0.3 is 17.9 Å². The molecule has 454 valence electrons. The third-order valence-electron chi connectivity index (χ3n) is 15.9. The number of ether oxygens (including phenoxy) is 3. The zero-order valence-electron chi connectivity index (χ0n) is 52.3. The van der Waals surface area contributed by atoms with Crippen molar-refractivity contribution in [3.8, 4) is 0 Å². The van der Waals surface area contributed by atoms with Crippen molar-refractivity contribution in [1.29, 1.82) is 0 Å².